The molecule has 1 aliphatic rings. The topological polar surface area (TPSA) is 75.9 Å². The Hall–Kier alpha value is -2.87. The van der Waals surface area contributed by atoms with Crippen molar-refractivity contribution >= 4 is 22.5 Å². The predicted molar refractivity (Wildman–Crippen MR) is 110 cm³/mol. The zero-order chi connectivity index (χ0) is 20.4. The molecule has 1 amide bonds. The number of aryl methyl sites for hydroxylation is 1. The van der Waals surface area contributed by atoms with Gasteiger partial charge < -0.3 is 10.2 Å². The molecule has 3 aromatic rings. The normalized spacial score (nSPS) is 16.8. The van der Waals surface area contributed by atoms with Crippen molar-refractivity contribution in [3.63, 3.8) is 0 Å². The monoisotopic (exact) mass is 396 g/mol. The summed E-state index contributed by atoms with van der Waals surface area (Å²) in [6.07, 6.45) is 4.26. The third kappa shape index (κ3) is 4.59. The van der Waals surface area contributed by atoms with Gasteiger partial charge in [-0.1, -0.05) is 17.3 Å². The minimum Gasteiger partial charge on any atom is -0.310 e. The summed E-state index contributed by atoms with van der Waals surface area (Å²) in [5, 5.41) is 13.0. The Labute approximate surface area is 168 Å². The zero-order valence-electron chi connectivity index (χ0n) is 16.7. The van der Waals surface area contributed by atoms with E-state index in [-0.39, 0.29) is 11.8 Å². The summed E-state index contributed by atoms with van der Waals surface area (Å²) in [7, 11) is 1.83. The minimum atomic E-state index is -0.839. The molecule has 1 saturated heterocycles. The maximum Gasteiger partial charge on any atom is 0.228 e. The second-order valence-corrected chi connectivity index (χ2v) is 7.75. The largest absolute Gasteiger partial charge is 0.310 e. The SMILES string of the molecule is CC(F)CN1CCC(C(=O)Nc2cc3cc(-c4cn(C)nn4)ccc3cn2)CC1. The lowest BCUT2D eigenvalue weighted by Crippen LogP contribution is -2.40. The average molecular weight is 396 g/mol. The van der Waals surface area contributed by atoms with Gasteiger partial charge in [-0.15, -0.1) is 5.10 Å². The quantitative estimate of drug-likeness (QED) is 0.717. The molecule has 1 N–H and O–H groups in total. The fraction of sp³-hybridized carbons (Fsp3) is 0.429. The summed E-state index contributed by atoms with van der Waals surface area (Å²) < 4.78 is 14.8. The Morgan fingerprint density at radius 3 is 2.76 bits per heavy atom. The Morgan fingerprint density at radius 1 is 1.28 bits per heavy atom. The van der Waals surface area contributed by atoms with Gasteiger partial charge in [0.2, 0.25) is 5.91 Å². The van der Waals surface area contributed by atoms with Gasteiger partial charge in [-0.3, -0.25) is 9.48 Å². The highest BCUT2D eigenvalue weighted by Crippen LogP contribution is 2.25. The molecule has 29 heavy (non-hydrogen) atoms. The molecule has 152 valence electrons. The number of carbonyl (C=O) groups is 1. The molecule has 8 heteroatoms. The van der Waals surface area contributed by atoms with Gasteiger partial charge in [0.05, 0.1) is 6.20 Å². The van der Waals surface area contributed by atoms with Crippen LogP contribution in [0.25, 0.3) is 22.0 Å². The Morgan fingerprint density at radius 2 is 2.07 bits per heavy atom. The number of amides is 1. The number of anilines is 1. The molecule has 7 nitrogen and oxygen atoms in total. The first kappa shape index (κ1) is 19.4. The van der Waals surface area contributed by atoms with E-state index >= 15 is 0 Å². The van der Waals surface area contributed by atoms with Crippen LogP contribution >= 0.6 is 0 Å². The van der Waals surface area contributed by atoms with E-state index in [0.717, 1.165) is 48.0 Å². The number of aromatic nitrogens is 4. The summed E-state index contributed by atoms with van der Waals surface area (Å²) in [5.74, 6) is 0.457. The fourth-order valence-corrected chi connectivity index (χ4v) is 3.81. The average Bonchev–Trinajstić information content (AvgIpc) is 3.14. The fourth-order valence-electron chi connectivity index (χ4n) is 3.81. The van der Waals surface area contributed by atoms with Crippen molar-refractivity contribution in [1.29, 1.82) is 0 Å². The second kappa shape index (κ2) is 8.24. The van der Waals surface area contributed by atoms with Gasteiger partial charge in [0.15, 0.2) is 0 Å². The van der Waals surface area contributed by atoms with Crippen molar-refractivity contribution in [3.05, 3.63) is 36.7 Å². The smallest absolute Gasteiger partial charge is 0.228 e. The summed E-state index contributed by atoms with van der Waals surface area (Å²) >= 11 is 0. The number of alkyl halides is 1. The number of piperidine rings is 1. The molecule has 1 unspecified atom stereocenters. The lowest BCUT2D eigenvalue weighted by atomic mass is 9.95. The van der Waals surface area contributed by atoms with Crippen LogP contribution in [0.1, 0.15) is 19.8 Å². The summed E-state index contributed by atoms with van der Waals surface area (Å²) in [4.78, 5) is 19.1. The van der Waals surface area contributed by atoms with Gasteiger partial charge in [-0.25, -0.2) is 9.37 Å². The van der Waals surface area contributed by atoms with E-state index in [1.54, 1.807) is 17.8 Å². The lowest BCUT2D eigenvalue weighted by Gasteiger charge is -2.31. The molecular weight excluding hydrogens is 371 g/mol. The van der Waals surface area contributed by atoms with Crippen molar-refractivity contribution in [2.75, 3.05) is 25.0 Å². The third-order valence-corrected chi connectivity index (χ3v) is 5.34. The number of likely N-dealkylation sites (tertiary alicyclic amines) is 1. The van der Waals surface area contributed by atoms with Crippen LogP contribution in [-0.2, 0) is 11.8 Å². The molecule has 3 heterocycles. The molecule has 1 aliphatic heterocycles. The number of nitrogens with one attached hydrogen (secondary N) is 1. The molecule has 1 atom stereocenters. The van der Waals surface area contributed by atoms with E-state index in [0.29, 0.717) is 12.4 Å². The standard InChI is InChI=1S/C21H25FN6O/c1-14(22)12-28-7-5-15(6-8-28)21(29)24-20-10-18-9-16(3-4-17(18)11-23-20)19-13-27(2)26-25-19/h3-4,9-11,13-15H,5-8,12H2,1-2H3,(H,23,24,29). The highest BCUT2D eigenvalue weighted by atomic mass is 19.1. The van der Waals surface area contributed by atoms with Crippen LogP contribution in [0.15, 0.2) is 36.7 Å². The predicted octanol–water partition coefficient (Wildman–Crippen LogP) is 3.04. The Kier molecular flexibility index (Phi) is 5.53. The van der Waals surface area contributed by atoms with Crippen LogP contribution in [0.2, 0.25) is 0 Å². The number of fused-ring (bicyclic) bond motifs is 1. The maximum absolute atomic E-state index is 13.2. The van der Waals surface area contributed by atoms with Crippen LogP contribution in [0.3, 0.4) is 0 Å². The highest BCUT2D eigenvalue weighted by molar-refractivity contribution is 5.95. The van der Waals surface area contributed by atoms with Crippen molar-refractivity contribution in [2.24, 2.45) is 13.0 Å². The van der Waals surface area contributed by atoms with Gasteiger partial charge in [-0.2, -0.15) is 0 Å². The number of halogens is 1. The van der Waals surface area contributed by atoms with Gasteiger partial charge in [0.1, 0.15) is 17.7 Å². The summed E-state index contributed by atoms with van der Waals surface area (Å²) in [5.41, 5.74) is 1.76. The lowest BCUT2D eigenvalue weighted by molar-refractivity contribution is -0.121. The zero-order valence-corrected chi connectivity index (χ0v) is 16.7. The molecule has 1 aromatic carbocycles. The van der Waals surface area contributed by atoms with Crippen LogP contribution in [0, 0.1) is 5.92 Å². The van der Waals surface area contributed by atoms with E-state index in [2.05, 4.69) is 25.5 Å². The van der Waals surface area contributed by atoms with E-state index < -0.39 is 6.17 Å². The van der Waals surface area contributed by atoms with Gasteiger partial charge in [-0.05, 0) is 50.4 Å². The number of hydrogen-bond donors (Lipinski definition) is 1. The first-order chi connectivity index (χ1) is 14.0. The second-order valence-electron chi connectivity index (χ2n) is 7.75. The molecule has 2 aromatic heterocycles. The van der Waals surface area contributed by atoms with Gasteiger partial charge in [0, 0.05) is 36.7 Å². The number of carbonyl (C=O) groups excluding carboxylic acids is 1. The first-order valence-corrected chi connectivity index (χ1v) is 9.92. The number of benzene rings is 1. The molecule has 0 bridgehead atoms. The number of pyridine rings is 1. The van der Waals surface area contributed by atoms with Crippen LogP contribution in [0.5, 0.6) is 0 Å². The summed E-state index contributed by atoms with van der Waals surface area (Å²) in [6, 6.07) is 7.87. The minimum absolute atomic E-state index is 0.0186. The molecular formula is C21H25FN6O. The van der Waals surface area contributed by atoms with Crippen LogP contribution < -0.4 is 5.32 Å². The molecule has 1 fully saturated rings. The molecule has 4 rings (SSSR count). The molecule has 0 spiro atoms. The number of nitrogens with zero attached hydrogens (tertiary/aromatic N) is 5. The van der Waals surface area contributed by atoms with Crippen LogP contribution in [0.4, 0.5) is 10.2 Å². The molecule has 0 saturated carbocycles. The van der Waals surface area contributed by atoms with Crippen LogP contribution in [-0.4, -0.2) is 56.6 Å². The molecule has 0 aliphatic carbocycles. The van der Waals surface area contributed by atoms with Gasteiger partial charge in [0.25, 0.3) is 0 Å². The number of hydrogen-bond acceptors (Lipinski definition) is 5. The highest BCUT2D eigenvalue weighted by Gasteiger charge is 2.25. The van der Waals surface area contributed by atoms with Crippen molar-refractivity contribution in [1.82, 2.24) is 24.9 Å². The van der Waals surface area contributed by atoms with E-state index in [4.69, 9.17) is 0 Å². The van der Waals surface area contributed by atoms with E-state index in [1.165, 1.54) is 0 Å². The first-order valence-electron chi connectivity index (χ1n) is 9.92. The van der Waals surface area contributed by atoms with E-state index in [9.17, 15) is 9.18 Å². The van der Waals surface area contributed by atoms with Crippen molar-refractivity contribution < 1.29 is 9.18 Å². The number of rotatable bonds is 5. The molecule has 0 radical (unpaired) electrons. The third-order valence-electron chi connectivity index (χ3n) is 5.34. The summed E-state index contributed by atoms with van der Waals surface area (Å²) in [6.45, 7) is 3.51. The Bertz CT molecular complexity index is 1010. The van der Waals surface area contributed by atoms with Gasteiger partial charge >= 0.3 is 0 Å². The maximum atomic E-state index is 13.2. The van der Waals surface area contributed by atoms with Crippen molar-refractivity contribution in [3.8, 4) is 11.3 Å². The van der Waals surface area contributed by atoms with Crippen molar-refractivity contribution in [2.45, 2.75) is 25.9 Å². The van der Waals surface area contributed by atoms with E-state index in [1.807, 2.05) is 37.5 Å². The Balaban J connectivity index is 1.44.